The van der Waals surface area contributed by atoms with Gasteiger partial charge in [0.15, 0.2) is 0 Å². The number of rotatable bonds is 5. The van der Waals surface area contributed by atoms with Gasteiger partial charge < -0.3 is 15.2 Å². The average Bonchev–Trinajstić information content (AvgIpc) is 2.91. The molecule has 106 valence electrons. The average molecular weight is 341 g/mol. The maximum absolute atomic E-state index is 12.9. The number of hydrogen-bond acceptors (Lipinski definition) is 2. The summed E-state index contributed by atoms with van der Waals surface area (Å²) >= 11 is 3.19. The van der Waals surface area contributed by atoms with Crippen LogP contribution in [0.4, 0.5) is 14.9 Å². The predicted octanol–water partition coefficient (Wildman–Crippen LogP) is 3.00. The van der Waals surface area contributed by atoms with E-state index in [0.29, 0.717) is 16.7 Å². The fraction of sp³-hybridized carbons (Fsp3) is 0.231. The summed E-state index contributed by atoms with van der Waals surface area (Å²) in [6.07, 6.45) is 6.12. The summed E-state index contributed by atoms with van der Waals surface area (Å²) in [5, 5.41) is 5.39. The van der Waals surface area contributed by atoms with Crippen LogP contribution in [0.5, 0.6) is 0 Å². The number of carbonyl (C=O) groups excluding carboxylic acids is 1. The number of amides is 2. The number of aromatic nitrogens is 2. The summed E-state index contributed by atoms with van der Waals surface area (Å²) in [5.74, 6) is -0.358. The van der Waals surface area contributed by atoms with Gasteiger partial charge in [0.2, 0.25) is 0 Å². The minimum absolute atomic E-state index is 0.317. The van der Waals surface area contributed by atoms with Crippen molar-refractivity contribution in [2.45, 2.75) is 13.0 Å². The third-order valence-electron chi connectivity index (χ3n) is 2.62. The minimum atomic E-state index is -0.358. The molecule has 7 heteroatoms. The summed E-state index contributed by atoms with van der Waals surface area (Å²) in [6.45, 7) is 1.34. The summed E-state index contributed by atoms with van der Waals surface area (Å²) < 4.78 is 15.3. The van der Waals surface area contributed by atoms with Gasteiger partial charge in [-0.3, -0.25) is 0 Å². The molecule has 0 saturated heterocycles. The number of halogens is 2. The van der Waals surface area contributed by atoms with E-state index < -0.39 is 0 Å². The lowest BCUT2D eigenvalue weighted by molar-refractivity contribution is 0.252. The number of nitrogens with zero attached hydrogens (tertiary/aromatic N) is 2. The number of anilines is 1. The van der Waals surface area contributed by atoms with Crippen molar-refractivity contribution in [2.24, 2.45) is 0 Å². The van der Waals surface area contributed by atoms with Crippen molar-refractivity contribution in [3.63, 3.8) is 0 Å². The van der Waals surface area contributed by atoms with Crippen LogP contribution >= 0.6 is 15.9 Å². The molecular formula is C13H14BrFN4O. The van der Waals surface area contributed by atoms with Crippen molar-refractivity contribution in [3.05, 3.63) is 47.2 Å². The maximum atomic E-state index is 12.9. The van der Waals surface area contributed by atoms with E-state index in [4.69, 9.17) is 0 Å². The second kappa shape index (κ2) is 7.04. The van der Waals surface area contributed by atoms with Crippen molar-refractivity contribution in [2.75, 3.05) is 11.9 Å². The topological polar surface area (TPSA) is 59.0 Å². The van der Waals surface area contributed by atoms with Gasteiger partial charge >= 0.3 is 6.03 Å². The molecule has 20 heavy (non-hydrogen) atoms. The molecule has 1 heterocycles. The zero-order chi connectivity index (χ0) is 14.4. The molecule has 0 aliphatic carbocycles. The highest BCUT2D eigenvalue weighted by atomic mass is 79.9. The van der Waals surface area contributed by atoms with Crippen molar-refractivity contribution >= 4 is 27.6 Å². The molecule has 0 atom stereocenters. The molecule has 0 aliphatic heterocycles. The Balaban J connectivity index is 1.72. The highest BCUT2D eigenvalue weighted by Crippen LogP contribution is 2.22. The van der Waals surface area contributed by atoms with Gasteiger partial charge in [-0.25, -0.2) is 14.2 Å². The summed E-state index contributed by atoms with van der Waals surface area (Å²) in [4.78, 5) is 15.6. The second-order valence-electron chi connectivity index (χ2n) is 4.16. The number of carbonyl (C=O) groups is 1. The molecule has 1 aromatic heterocycles. The lowest BCUT2D eigenvalue weighted by Crippen LogP contribution is -2.30. The van der Waals surface area contributed by atoms with Crippen molar-refractivity contribution < 1.29 is 9.18 Å². The van der Waals surface area contributed by atoms with Gasteiger partial charge in [0.1, 0.15) is 5.82 Å². The van der Waals surface area contributed by atoms with Crippen LogP contribution in [0.2, 0.25) is 0 Å². The Morgan fingerprint density at radius 1 is 1.45 bits per heavy atom. The predicted molar refractivity (Wildman–Crippen MR) is 78.0 cm³/mol. The Morgan fingerprint density at radius 3 is 3.00 bits per heavy atom. The van der Waals surface area contributed by atoms with E-state index in [-0.39, 0.29) is 11.8 Å². The molecule has 2 aromatic rings. The van der Waals surface area contributed by atoms with Crippen LogP contribution in [0.3, 0.4) is 0 Å². The SMILES string of the molecule is O=C(NCCCn1ccnc1)Nc1ccc(F)cc1Br. The van der Waals surface area contributed by atoms with Gasteiger partial charge in [0.05, 0.1) is 12.0 Å². The van der Waals surface area contributed by atoms with Gasteiger partial charge in [-0.15, -0.1) is 0 Å². The molecule has 0 aliphatic rings. The highest BCUT2D eigenvalue weighted by Gasteiger charge is 2.05. The zero-order valence-corrected chi connectivity index (χ0v) is 12.2. The van der Waals surface area contributed by atoms with Crippen molar-refractivity contribution in [3.8, 4) is 0 Å². The molecule has 0 spiro atoms. The van der Waals surface area contributed by atoms with E-state index in [9.17, 15) is 9.18 Å². The van der Waals surface area contributed by atoms with E-state index in [1.807, 2.05) is 10.8 Å². The molecule has 5 nitrogen and oxygen atoms in total. The number of hydrogen-bond donors (Lipinski definition) is 2. The Labute approximate surface area is 124 Å². The van der Waals surface area contributed by atoms with Crippen LogP contribution in [0, 0.1) is 5.82 Å². The molecule has 2 rings (SSSR count). The Bertz CT molecular complexity index is 574. The van der Waals surface area contributed by atoms with E-state index in [1.165, 1.54) is 18.2 Å². The van der Waals surface area contributed by atoms with Crippen molar-refractivity contribution in [1.29, 1.82) is 0 Å². The van der Waals surface area contributed by atoms with Crippen LogP contribution in [0.1, 0.15) is 6.42 Å². The number of benzene rings is 1. The smallest absolute Gasteiger partial charge is 0.319 e. The molecule has 0 bridgehead atoms. The number of aryl methyl sites for hydroxylation is 1. The fourth-order valence-electron chi connectivity index (χ4n) is 1.64. The molecule has 2 amide bonds. The summed E-state index contributed by atoms with van der Waals surface area (Å²) in [6, 6.07) is 3.78. The second-order valence-corrected chi connectivity index (χ2v) is 5.01. The highest BCUT2D eigenvalue weighted by molar-refractivity contribution is 9.10. The van der Waals surface area contributed by atoms with Crippen LogP contribution in [-0.2, 0) is 6.54 Å². The van der Waals surface area contributed by atoms with Gasteiger partial charge in [0, 0.05) is 30.0 Å². The normalized spacial score (nSPS) is 10.3. The van der Waals surface area contributed by atoms with Gasteiger partial charge in [-0.05, 0) is 40.5 Å². The van der Waals surface area contributed by atoms with Gasteiger partial charge in [-0.2, -0.15) is 0 Å². The van der Waals surface area contributed by atoms with E-state index in [2.05, 4.69) is 31.5 Å². The lowest BCUT2D eigenvalue weighted by Gasteiger charge is -2.09. The zero-order valence-electron chi connectivity index (χ0n) is 10.6. The number of nitrogens with one attached hydrogen (secondary N) is 2. The van der Waals surface area contributed by atoms with E-state index >= 15 is 0 Å². The lowest BCUT2D eigenvalue weighted by atomic mass is 10.3. The van der Waals surface area contributed by atoms with Gasteiger partial charge in [0.25, 0.3) is 0 Å². The molecule has 0 saturated carbocycles. The first-order valence-electron chi connectivity index (χ1n) is 6.11. The first-order valence-corrected chi connectivity index (χ1v) is 6.90. The van der Waals surface area contributed by atoms with E-state index in [1.54, 1.807) is 12.5 Å². The number of imidazole rings is 1. The van der Waals surface area contributed by atoms with Crippen molar-refractivity contribution in [1.82, 2.24) is 14.9 Å². The molecule has 2 N–H and O–H groups in total. The third kappa shape index (κ3) is 4.34. The third-order valence-corrected chi connectivity index (χ3v) is 3.27. The molecule has 0 unspecified atom stereocenters. The Hall–Kier alpha value is -1.89. The maximum Gasteiger partial charge on any atom is 0.319 e. The Kier molecular flexibility index (Phi) is 5.11. The number of urea groups is 1. The van der Waals surface area contributed by atoms with Crippen LogP contribution < -0.4 is 10.6 Å². The fourth-order valence-corrected chi connectivity index (χ4v) is 2.09. The summed E-state index contributed by atoms with van der Waals surface area (Å²) in [7, 11) is 0. The molecule has 0 fully saturated rings. The minimum Gasteiger partial charge on any atom is -0.338 e. The van der Waals surface area contributed by atoms with Gasteiger partial charge in [-0.1, -0.05) is 0 Å². The largest absolute Gasteiger partial charge is 0.338 e. The molecular weight excluding hydrogens is 327 g/mol. The molecule has 0 radical (unpaired) electrons. The first kappa shape index (κ1) is 14.5. The molecule has 1 aromatic carbocycles. The van der Waals surface area contributed by atoms with Crippen LogP contribution in [-0.4, -0.2) is 22.1 Å². The monoisotopic (exact) mass is 340 g/mol. The van der Waals surface area contributed by atoms with E-state index in [0.717, 1.165) is 13.0 Å². The summed E-state index contributed by atoms with van der Waals surface area (Å²) in [5.41, 5.74) is 0.526. The quantitative estimate of drug-likeness (QED) is 0.822. The first-order chi connectivity index (χ1) is 9.65. The van der Waals surface area contributed by atoms with Crippen LogP contribution in [0.15, 0.2) is 41.4 Å². The standard InChI is InChI=1S/C13H14BrFN4O/c14-11-8-10(15)2-3-12(11)18-13(20)17-4-1-6-19-7-5-16-9-19/h2-3,5,7-9H,1,4,6H2,(H2,17,18,20). The van der Waals surface area contributed by atoms with Crippen LogP contribution in [0.25, 0.3) is 0 Å². The Morgan fingerprint density at radius 2 is 2.30 bits per heavy atom.